The van der Waals surface area contributed by atoms with Crippen LogP contribution < -0.4 is 33.6 Å². The molecule has 12 nitrogen and oxygen atoms in total. The van der Waals surface area contributed by atoms with Crippen LogP contribution in [-0.4, -0.2) is 57.8 Å². The number of phenolic OH excluding ortho intramolecular Hbond substituents is 2. The van der Waals surface area contributed by atoms with Crippen LogP contribution in [0.3, 0.4) is 0 Å². The Morgan fingerprint density at radius 1 is 0.690 bits per heavy atom. The Hall–Kier alpha value is -4.16. The van der Waals surface area contributed by atoms with E-state index in [1.54, 1.807) is 12.1 Å². The maximum absolute atomic E-state index is 13.8. The minimum absolute atomic E-state index is 0.0277. The Kier molecular flexibility index (Phi) is 9.53. The predicted molar refractivity (Wildman–Crippen MR) is 160 cm³/mol. The van der Waals surface area contributed by atoms with Crippen molar-refractivity contribution in [1.29, 1.82) is 0 Å². The van der Waals surface area contributed by atoms with E-state index in [4.69, 9.17) is 22.9 Å². The lowest BCUT2D eigenvalue weighted by molar-refractivity contribution is -0.124. The van der Waals surface area contributed by atoms with Gasteiger partial charge in [0, 0.05) is 24.5 Å². The zero-order valence-corrected chi connectivity index (χ0v) is 24.5. The molecule has 0 spiro atoms. The summed E-state index contributed by atoms with van der Waals surface area (Å²) in [6, 6.07) is 5.45. The molecule has 0 bridgehead atoms. The van der Waals surface area contributed by atoms with E-state index in [1.165, 1.54) is 0 Å². The van der Waals surface area contributed by atoms with Crippen LogP contribution in [0.15, 0.2) is 24.3 Å². The number of hydrogen-bond donors (Lipinski definition) is 8. The van der Waals surface area contributed by atoms with Gasteiger partial charge >= 0.3 is 0 Å². The molecule has 42 heavy (non-hydrogen) atoms. The van der Waals surface area contributed by atoms with E-state index in [0.29, 0.717) is 12.8 Å². The predicted octanol–water partition coefficient (Wildman–Crippen LogP) is 1.94. The van der Waals surface area contributed by atoms with Gasteiger partial charge in [0.05, 0.1) is 33.3 Å². The van der Waals surface area contributed by atoms with E-state index >= 15 is 0 Å². The summed E-state index contributed by atoms with van der Waals surface area (Å²) in [6.07, 6.45) is 1.02. The third-order valence-corrected chi connectivity index (χ3v) is 7.57. The van der Waals surface area contributed by atoms with Gasteiger partial charge in [0.15, 0.2) is 0 Å². The lowest BCUT2D eigenvalue weighted by Crippen LogP contribution is -2.53. The standard InChI is InChI=1S/C30H42N6O6/c1-15(2)13-29(33,27(31)41)9-11-35-17-5-6-18(36-12-10-30(34,28(32)42)14-16(3)4)22-21(17)25(39)23-19(37)7-8-20(38)24(23)26(22)40/h5-8,15-16,35-38H,9-14,33-34H2,1-4H3,(H2,31,41)(H2,32,42). The van der Waals surface area contributed by atoms with Crippen LogP contribution in [0.2, 0.25) is 0 Å². The van der Waals surface area contributed by atoms with Crippen molar-refractivity contribution in [2.75, 3.05) is 23.7 Å². The molecule has 2 unspecified atom stereocenters. The number of carbonyl (C=O) groups is 4. The minimum atomic E-state index is -1.29. The minimum Gasteiger partial charge on any atom is -0.507 e. The molecule has 2 aromatic rings. The Balaban J connectivity index is 2.01. The smallest absolute Gasteiger partial charge is 0.237 e. The normalized spacial score (nSPS) is 15.5. The molecule has 0 heterocycles. The van der Waals surface area contributed by atoms with Gasteiger partial charge in [-0.3, -0.25) is 19.2 Å². The van der Waals surface area contributed by atoms with Gasteiger partial charge in [-0.1, -0.05) is 27.7 Å². The molecule has 0 saturated heterocycles. The first-order valence-electron chi connectivity index (χ1n) is 14.0. The van der Waals surface area contributed by atoms with Crippen molar-refractivity contribution in [3.05, 3.63) is 46.5 Å². The van der Waals surface area contributed by atoms with Crippen LogP contribution >= 0.6 is 0 Å². The number of fused-ring (bicyclic) bond motifs is 2. The van der Waals surface area contributed by atoms with Crippen LogP contribution in [0.1, 0.15) is 85.2 Å². The second kappa shape index (κ2) is 12.4. The van der Waals surface area contributed by atoms with Gasteiger partial charge in [-0.05, 0) is 61.8 Å². The highest BCUT2D eigenvalue weighted by Gasteiger charge is 2.39. The van der Waals surface area contributed by atoms with Gasteiger partial charge in [-0.25, -0.2) is 0 Å². The van der Waals surface area contributed by atoms with E-state index in [9.17, 15) is 29.4 Å². The van der Waals surface area contributed by atoms with Crippen molar-refractivity contribution in [2.24, 2.45) is 34.8 Å². The average molecular weight is 583 g/mol. The Morgan fingerprint density at radius 2 is 1.02 bits per heavy atom. The van der Waals surface area contributed by atoms with Gasteiger partial charge in [-0.15, -0.1) is 0 Å². The summed E-state index contributed by atoms with van der Waals surface area (Å²) in [5, 5.41) is 27.2. The molecule has 2 aromatic carbocycles. The maximum Gasteiger partial charge on any atom is 0.237 e. The fraction of sp³-hybridized carbons (Fsp3) is 0.467. The second-order valence-corrected chi connectivity index (χ2v) is 12.0. The number of nitrogens with one attached hydrogen (secondary N) is 2. The number of ketones is 2. The number of primary amides is 2. The average Bonchev–Trinajstić information content (AvgIpc) is 2.87. The number of nitrogens with two attached hydrogens (primary N) is 4. The molecule has 0 aromatic heterocycles. The summed E-state index contributed by atoms with van der Waals surface area (Å²) in [6.45, 7) is 7.98. The first kappa shape index (κ1) is 32.4. The van der Waals surface area contributed by atoms with Gasteiger partial charge in [-0.2, -0.15) is 0 Å². The third-order valence-electron chi connectivity index (χ3n) is 7.57. The number of carbonyl (C=O) groups excluding carboxylic acids is 4. The number of hydrogen-bond acceptors (Lipinski definition) is 10. The molecule has 2 atom stereocenters. The Bertz CT molecular complexity index is 1300. The first-order chi connectivity index (χ1) is 19.5. The summed E-state index contributed by atoms with van der Waals surface area (Å²) in [4.78, 5) is 51.8. The number of phenols is 2. The molecule has 12 heteroatoms. The second-order valence-electron chi connectivity index (χ2n) is 12.0. The molecule has 12 N–H and O–H groups in total. The molecule has 1 aliphatic carbocycles. The van der Waals surface area contributed by atoms with Crippen molar-refractivity contribution in [3.63, 3.8) is 0 Å². The summed E-state index contributed by atoms with van der Waals surface area (Å²) >= 11 is 0. The van der Waals surface area contributed by atoms with Crippen molar-refractivity contribution in [2.45, 2.75) is 64.5 Å². The number of amides is 2. The van der Waals surface area contributed by atoms with E-state index in [1.807, 2.05) is 27.7 Å². The molecule has 3 rings (SSSR count). The molecule has 2 amide bonds. The lowest BCUT2D eigenvalue weighted by Gasteiger charge is -2.30. The zero-order valence-electron chi connectivity index (χ0n) is 24.5. The number of benzene rings is 2. The lowest BCUT2D eigenvalue weighted by atomic mass is 9.81. The molecular formula is C30H42N6O6. The van der Waals surface area contributed by atoms with E-state index < -0.39 is 46.0 Å². The number of aromatic hydroxyl groups is 2. The Morgan fingerprint density at radius 3 is 1.31 bits per heavy atom. The SMILES string of the molecule is CC(C)CC(N)(CCNc1ccc(NCCC(N)(CC(C)C)C(N)=O)c2c1C(=O)c1c(O)ccc(O)c1C2=O)C(N)=O. The van der Waals surface area contributed by atoms with E-state index in [-0.39, 0.29) is 71.4 Å². The molecular weight excluding hydrogens is 540 g/mol. The van der Waals surface area contributed by atoms with Crippen LogP contribution in [0.5, 0.6) is 11.5 Å². The molecule has 0 aliphatic heterocycles. The summed E-state index contributed by atoms with van der Waals surface area (Å²) in [5.41, 5.74) is 21.1. The summed E-state index contributed by atoms with van der Waals surface area (Å²) in [5.74, 6) is -3.35. The fourth-order valence-electron chi connectivity index (χ4n) is 5.61. The quantitative estimate of drug-likeness (QED) is 0.128. The highest BCUT2D eigenvalue weighted by atomic mass is 16.3. The monoisotopic (exact) mass is 582 g/mol. The molecule has 0 fully saturated rings. The van der Waals surface area contributed by atoms with Gasteiger partial charge in [0.2, 0.25) is 23.4 Å². The highest BCUT2D eigenvalue weighted by molar-refractivity contribution is 6.33. The highest BCUT2D eigenvalue weighted by Crippen LogP contribution is 2.42. The topological polar surface area (TPSA) is 237 Å². The van der Waals surface area contributed by atoms with Gasteiger partial charge in [0.25, 0.3) is 0 Å². The third kappa shape index (κ3) is 6.50. The maximum atomic E-state index is 13.8. The molecule has 228 valence electrons. The number of anilines is 2. The summed E-state index contributed by atoms with van der Waals surface area (Å²) < 4.78 is 0. The fourth-order valence-corrected chi connectivity index (χ4v) is 5.61. The van der Waals surface area contributed by atoms with Crippen molar-refractivity contribution in [3.8, 4) is 11.5 Å². The van der Waals surface area contributed by atoms with E-state index in [0.717, 1.165) is 12.1 Å². The Labute approximate surface area is 245 Å². The largest absolute Gasteiger partial charge is 0.507 e. The molecule has 0 radical (unpaired) electrons. The van der Waals surface area contributed by atoms with Crippen molar-refractivity contribution < 1.29 is 29.4 Å². The van der Waals surface area contributed by atoms with Crippen molar-refractivity contribution in [1.82, 2.24) is 0 Å². The van der Waals surface area contributed by atoms with Gasteiger partial charge < -0.3 is 43.8 Å². The first-order valence-corrected chi connectivity index (χ1v) is 14.0. The van der Waals surface area contributed by atoms with Crippen LogP contribution in [0.25, 0.3) is 0 Å². The molecule has 0 saturated carbocycles. The molecule has 1 aliphatic rings. The van der Waals surface area contributed by atoms with Gasteiger partial charge in [0.1, 0.15) is 11.5 Å². The van der Waals surface area contributed by atoms with E-state index in [2.05, 4.69) is 10.6 Å². The van der Waals surface area contributed by atoms with Crippen molar-refractivity contribution >= 4 is 34.8 Å². The van der Waals surface area contributed by atoms with Crippen LogP contribution in [0, 0.1) is 11.8 Å². The zero-order chi connectivity index (χ0) is 31.6. The summed E-state index contributed by atoms with van der Waals surface area (Å²) in [7, 11) is 0. The van der Waals surface area contributed by atoms with Crippen LogP contribution in [-0.2, 0) is 9.59 Å². The van der Waals surface area contributed by atoms with Crippen LogP contribution in [0.4, 0.5) is 11.4 Å². The number of rotatable bonds is 14.